The molecule has 0 aliphatic rings. The average Bonchev–Trinajstić information content (AvgIpc) is 3.26. The number of aryl methyl sites for hydroxylation is 1. The number of nitrogens with zero attached hydrogens (tertiary/aromatic N) is 3. The summed E-state index contributed by atoms with van der Waals surface area (Å²) in [5.74, 6) is -0.509. The van der Waals surface area contributed by atoms with E-state index >= 15 is 0 Å². The molecule has 4 rings (SSSR count). The number of para-hydroxylation sites is 1. The number of hydrogen-bond acceptors (Lipinski definition) is 6. The molecule has 4 aromatic rings. The number of benzene rings is 2. The lowest BCUT2D eigenvalue weighted by atomic mass is 10.2. The monoisotopic (exact) mass is 474 g/mol. The first-order valence-corrected chi connectivity index (χ1v) is 11.0. The van der Waals surface area contributed by atoms with Crippen LogP contribution < -0.4 is 21.9 Å². The van der Waals surface area contributed by atoms with Gasteiger partial charge in [0.1, 0.15) is 11.5 Å². The molecule has 35 heavy (non-hydrogen) atoms. The average molecular weight is 475 g/mol. The molecule has 2 aromatic heterocycles. The normalized spacial score (nSPS) is 10.8. The molecule has 1 amide bonds. The molecule has 180 valence electrons. The van der Waals surface area contributed by atoms with Gasteiger partial charge in [0, 0.05) is 19.3 Å². The molecule has 10 nitrogen and oxygen atoms in total. The number of hydrogen-bond donors (Lipinski definition) is 3. The van der Waals surface area contributed by atoms with Gasteiger partial charge in [0.25, 0.3) is 11.5 Å². The molecule has 0 fully saturated rings. The lowest BCUT2D eigenvalue weighted by Crippen LogP contribution is -2.36. The highest BCUT2D eigenvalue weighted by atomic mass is 16.5. The molecule has 10 heteroatoms. The van der Waals surface area contributed by atoms with Crippen molar-refractivity contribution in [3.05, 3.63) is 105 Å². The van der Waals surface area contributed by atoms with Crippen LogP contribution in [0.1, 0.15) is 21.7 Å². The Labute approximate surface area is 201 Å². The van der Waals surface area contributed by atoms with Crippen LogP contribution in [0.3, 0.4) is 0 Å². The standard InChI is InChI=1S/C25H26N6O4/c1-17-15-20(29-31(17)19-11-7-4-8-12-19)23(32)27-22-21(26-16-18-9-5-3-6-10-18)24(33)28-25(34)30(22)13-14-35-2/h3-12,15,26H,13-14,16H2,1-2H3,(H,27,32)(H,28,33,34). The lowest BCUT2D eigenvalue weighted by molar-refractivity contribution is 0.102. The second-order valence-corrected chi connectivity index (χ2v) is 7.84. The molecule has 0 spiro atoms. The van der Waals surface area contributed by atoms with E-state index in [0.717, 1.165) is 16.9 Å². The van der Waals surface area contributed by atoms with Crippen molar-refractivity contribution in [2.75, 3.05) is 24.4 Å². The van der Waals surface area contributed by atoms with Gasteiger partial charge in [-0.2, -0.15) is 5.10 Å². The van der Waals surface area contributed by atoms with Crippen LogP contribution in [-0.4, -0.2) is 39.0 Å². The third-order valence-electron chi connectivity index (χ3n) is 5.38. The van der Waals surface area contributed by atoms with Crippen LogP contribution in [0, 0.1) is 6.92 Å². The number of carbonyl (C=O) groups is 1. The van der Waals surface area contributed by atoms with E-state index in [0.29, 0.717) is 6.54 Å². The third-order valence-corrected chi connectivity index (χ3v) is 5.38. The van der Waals surface area contributed by atoms with Gasteiger partial charge in [-0.25, -0.2) is 9.48 Å². The summed E-state index contributed by atoms with van der Waals surface area (Å²) in [6, 6.07) is 20.5. The van der Waals surface area contributed by atoms with E-state index in [1.807, 2.05) is 67.6 Å². The smallest absolute Gasteiger partial charge is 0.330 e. The lowest BCUT2D eigenvalue weighted by Gasteiger charge is -2.17. The van der Waals surface area contributed by atoms with Crippen LogP contribution >= 0.6 is 0 Å². The molecule has 0 atom stereocenters. The van der Waals surface area contributed by atoms with Crippen molar-refractivity contribution >= 4 is 17.4 Å². The van der Waals surface area contributed by atoms with Gasteiger partial charge in [-0.05, 0) is 30.7 Å². The van der Waals surface area contributed by atoms with E-state index in [-0.39, 0.29) is 30.4 Å². The van der Waals surface area contributed by atoms with Crippen molar-refractivity contribution in [3.8, 4) is 5.69 Å². The number of aromatic amines is 1. The Morgan fingerprint density at radius 2 is 1.74 bits per heavy atom. The van der Waals surface area contributed by atoms with E-state index in [4.69, 9.17) is 4.74 Å². The zero-order valence-electron chi connectivity index (χ0n) is 19.4. The van der Waals surface area contributed by atoms with Crippen LogP contribution in [0.4, 0.5) is 11.5 Å². The predicted octanol–water partition coefficient (Wildman–Crippen LogP) is 2.54. The summed E-state index contributed by atoms with van der Waals surface area (Å²) < 4.78 is 8.03. The van der Waals surface area contributed by atoms with Crippen LogP contribution in [0.15, 0.2) is 76.3 Å². The van der Waals surface area contributed by atoms with Gasteiger partial charge in [0.2, 0.25) is 0 Å². The minimum absolute atomic E-state index is 0.0450. The second kappa shape index (κ2) is 10.7. The summed E-state index contributed by atoms with van der Waals surface area (Å²) in [7, 11) is 1.50. The highest BCUT2D eigenvalue weighted by Gasteiger charge is 2.20. The van der Waals surface area contributed by atoms with Crippen molar-refractivity contribution < 1.29 is 9.53 Å². The van der Waals surface area contributed by atoms with Crippen molar-refractivity contribution in [2.45, 2.75) is 20.0 Å². The summed E-state index contributed by atoms with van der Waals surface area (Å²) in [5.41, 5.74) is 1.41. The van der Waals surface area contributed by atoms with E-state index in [2.05, 4.69) is 20.7 Å². The third kappa shape index (κ3) is 5.39. The number of aromatic nitrogens is 4. The van der Waals surface area contributed by atoms with Crippen molar-refractivity contribution in [3.63, 3.8) is 0 Å². The van der Waals surface area contributed by atoms with E-state index < -0.39 is 17.2 Å². The van der Waals surface area contributed by atoms with Gasteiger partial charge in [0.05, 0.1) is 18.8 Å². The maximum Gasteiger partial charge on any atom is 0.330 e. The highest BCUT2D eigenvalue weighted by Crippen LogP contribution is 2.19. The minimum Gasteiger partial charge on any atom is -0.383 e. The van der Waals surface area contributed by atoms with Gasteiger partial charge in [-0.15, -0.1) is 0 Å². The van der Waals surface area contributed by atoms with Crippen molar-refractivity contribution in [2.24, 2.45) is 0 Å². The maximum absolute atomic E-state index is 13.2. The quantitative estimate of drug-likeness (QED) is 0.343. The number of carbonyl (C=O) groups excluding carboxylic acids is 1. The molecule has 0 radical (unpaired) electrons. The van der Waals surface area contributed by atoms with Crippen molar-refractivity contribution in [1.82, 2.24) is 19.3 Å². The van der Waals surface area contributed by atoms with E-state index in [1.165, 1.54) is 11.7 Å². The molecular weight excluding hydrogens is 448 g/mol. The Hall–Kier alpha value is -4.44. The first-order chi connectivity index (χ1) is 17.0. The first-order valence-electron chi connectivity index (χ1n) is 11.0. The second-order valence-electron chi connectivity index (χ2n) is 7.84. The van der Waals surface area contributed by atoms with Gasteiger partial charge in [-0.1, -0.05) is 48.5 Å². The number of H-pyrrole nitrogens is 1. The number of methoxy groups -OCH3 is 1. The summed E-state index contributed by atoms with van der Waals surface area (Å²) in [6.07, 6.45) is 0. The number of ether oxygens (including phenoxy) is 1. The van der Waals surface area contributed by atoms with Gasteiger partial charge >= 0.3 is 5.69 Å². The molecular formula is C25H26N6O4. The Morgan fingerprint density at radius 1 is 1.06 bits per heavy atom. The molecule has 2 heterocycles. The van der Waals surface area contributed by atoms with Crippen LogP contribution in [0.5, 0.6) is 0 Å². The molecule has 0 saturated carbocycles. The van der Waals surface area contributed by atoms with Crippen LogP contribution in [0.25, 0.3) is 5.69 Å². The number of amides is 1. The molecule has 0 bridgehead atoms. The van der Waals surface area contributed by atoms with Gasteiger partial charge < -0.3 is 15.4 Å². The maximum atomic E-state index is 13.2. The Kier molecular flexibility index (Phi) is 7.22. The molecule has 0 aliphatic heterocycles. The van der Waals surface area contributed by atoms with E-state index in [1.54, 1.807) is 10.7 Å². The van der Waals surface area contributed by atoms with Crippen LogP contribution in [0.2, 0.25) is 0 Å². The molecule has 0 aliphatic carbocycles. The fraction of sp³-hybridized carbons (Fsp3) is 0.200. The summed E-state index contributed by atoms with van der Waals surface area (Å²) in [6.45, 7) is 2.48. The zero-order chi connectivity index (χ0) is 24.8. The largest absolute Gasteiger partial charge is 0.383 e. The molecule has 2 aromatic carbocycles. The topological polar surface area (TPSA) is 123 Å². The predicted molar refractivity (Wildman–Crippen MR) is 133 cm³/mol. The van der Waals surface area contributed by atoms with E-state index in [9.17, 15) is 14.4 Å². The van der Waals surface area contributed by atoms with Crippen molar-refractivity contribution in [1.29, 1.82) is 0 Å². The number of nitrogens with one attached hydrogen (secondary N) is 3. The summed E-state index contributed by atoms with van der Waals surface area (Å²) >= 11 is 0. The Bertz CT molecular complexity index is 1420. The molecule has 0 unspecified atom stereocenters. The van der Waals surface area contributed by atoms with Gasteiger partial charge in [-0.3, -0.25) is 19.1 Å². The Morgan fingerprint density at radius 3 is 2.43 bits per heavy atom. The summed E-state index contributed by atoms with van der Waals surface area (Å²) in [5, 5.41) is 10.2. The molecule has 0 saturated heterocycles. The SMILES string of the molecule is COCCn1c(NC(=O)c2cc(C)n(-c3ccccc3)n2)c(NCc2ccccc2)c(=O)[nH]c1=O. The molecule has 3 N–H and O–H groups in total. The fourth-order valence-corrected chi connectivity index (χ4v) is 3.63. The zero-order valence-corrected chi connectivity index (χ0v) is 19.4. The Balaban J connectivity index is 1.69. The highest BCUT2D eigenvalue weighted by molar-refractivity contribution is 6.04. The first kappa shape index (κ1) is 23.7. The fourth-order valence-electron chi connectivity index (χ4n) is 3.63. The van der Waals surface area contributed by atoms with Gasteiger partial charge in [0.15, 0.2) is 5.69 Å². The number of anilines is 2. The summed E-state index contributed by atoms with van der Waals surface area (Å²) in [4.78, 5) is 40.9. The van der Waals surface area contributed by atoms with Crippen LogP contribution in [-0.2, 0) is 17.8 Å². The number of rotatable bonds is 9. The minimum atomic E-state index is -0.654.